The smallest absolute Gasteiger partial charge is 0.176 e. The fourth-order valence-corrected chi connectivity index (χ4v) is 4.14. The van der Waals surface area contributed by atoms with E-state index in [4.69, 9.17) is 10.5 Å². The van der Waals surface area contributed by atoms with Gasteiger partial charge < -0.3 is 4.57 Å². The first kappa shape index (κ1) is 13.6. The van der Waals surface area contributed by atoms with Crippen molar-refractivity contribution >= 4 is 9.84 Å². The van der Waals surface area contributed by atoms with Gasteiger partial charge in [-0.1, -0.05) is 6.42 Å². The molecule has 1 saturated carbocycles. The van der Waals surface area contributed by atoms with Gasteiger partial charge in [-0.3, -0.25) is 0 Å². The molecule has 0 atom stereocenters. The highest BCUT2D eigenvalue weighted by Gasteiger charge is 2.40. The van der Waals surface area contributed by atoms with E-state index >= 15 is 0 Å². The minimum Gasteiger partial charge on any atom is -0.321 e. The summed E-state index contributed by atoms with van der Waals surface area (Å²) in [6, 6.07) is 3.82. The van der Waals surface area contributed by atoms with E-state index in [2.05, 4.69) is 4.98 Å². The lowest BCUT2D eigenvalue weighted by molar-refractivity contribution is 0.135. The summed E-state index contributed by atoms with van der Waals surface area (Å²) in [5.41, 5.74) is -0.00862. The monoisotopic (exact) mass is 278 g/mol. The summed E-state index contributed by atoms with van der Waals surface area (Å²) in [5, 5.41) is 17.9. The quantitative estimate of drug-likeness (QED) is 0.812. The van der Waals surface area contributed by atoms with Gasteiger partial charge in [-0.2, -0.15) is 10.5 Å². The normalized spacial score (nSPS) is 17.2. The molecule has 0 radical (unpaired) electrons. The number of hydrogen-bond acceptors (Lipinski definition) is 5. The van der Waals surface area contributed by atoms with Gasteiger partial charge >= 0.3 is 0 Å². The molecule has 1 fully saturated rings. The molecule has 0 aliphatic heterocycles. The van der Waals surface area contributed by atoms with Crippen LogP contribution < -0.4 is 0 Å². The van der Waals surface area contributed by atoms with E-state index in [1.165, 1.54) is 12.6 Å². The third-order valence-corrected chi connectivity index (χ3v) is 4.67. The molecule has 1 heterocycles. The summed E-state index contributed by atoms with van der Waals surface area (Å²) >= 11 is 0. The lowest BCUT2D eigenvalue weighted by Gasteiger charge is -2.41. The van der Waals surface area contributed by atoms with Crippen LogP contribution >= 0.6 is 0 Å². The van der Waals surface area contributed by atoms with Crippen LogP contribution in [0.25, 0.3) is 0 Å². The summed E-state index contributed by atoms with van der Waals surface area (Å²) in [5.74, 6) is 0.116. The van der Waals surface area contributed by atoms with Crippen LogP contribution in [-0.2, 0) is 16.4 Å². The zero-order valence-electron chi connectivity index (χ0n) is 10.6. The van der Waals surface area contributed by atoms with Crippen molar-refractivity contribution in [3.8, 4) is 12.1 Å². The third kappa shape index (κ3) is 2.77. The first-order valence-electron chi connectivity index (χ1n) is 5.92. The Hall–Kier alpha value is -1.86. The van der Waals surface area contributed by atoms with Gasteiger partial charge in [-0.25, -0.2) is 13.4 Å². The molecule has 100 valence electrons. The number of rotatable bonds is 4. The molecule has 0 spiro atoms. The number of nitriles is 2. The molecule has 0 aromatic carbocycles. The number of aromatic nitrogens is 2. The van der Waals surface area contributed by atoms with Gasteiger partial charge in [0, 0.05) is 18.2 Å². The molecule has 1 aromatic rings. The van der Waals surface area contributed by atoms with E-state index in [9.17, 15) is 8.42 Å². The molecule has 7 heteroatoms. The molecule has 0 amide bonds. The fourth-order valence-electron chi connectivity index (χ4n) is 2.64. The van der Waals surface area contributed by atoms with Gasteiger partial charge in [0.1, 0.15) is 22.0 Å². The van der Waals surface area contributed by atoms with Crippen molar-refractivity contribution in [2.45, 2.75) is 25.8 Å². The maximum Gasteiger partial charge on any atom is 0.176 e. The van der Waals surface area contributed by atoms with Crippen LogP contribution in [0.5, 0.6) is 0 Å². The molecule has 1 aliphatic carbocycles. The van der Waals surface area contributed by atoms with Crippen molar-refractivity contribution in [3.05, 3.63) is 17.7 Å². The Morgan fingerprint density at radius 3 is 2.53 bits per heavy atom. The van der Waals surface area contributed by atoms with Crippen LogP contribution in [0.3, 0.4) is 0 Å². The van der Waals surface area contributed by atoms with Crippen molar-refractivity contribution < 1.29 is 8.42 Å². The highest BCUT2D eigenvalue weighted by atomic mass is 32.2. The van der Waals surface area contributed by atoms with Crippen LogP contribution in [0, 0.1) is 28.1 Å². The minimum atomic E-state index is -3.06. The fraction of sp³-hybridized carbons (Fsp3) is 0.583. The molecular weight excluding hydrogens is 264 g/mol. The average Bonchev–Trinajstić information content (AvgIpc) is 2.66. The summed E-state index contributed by atoms with van der Waals surface area (Å²) in [6.45, 7) is 0.428. The number of imidazole rings is 1. The van der Waals surface area contributed by atoms with Gasteiger partial charge in [0.2, 0.25) is 0 Å². The Labute approximate surface area is 112 Å². The van der Waals surface area contributed by atoms with Crippen LogP contribution in [0.4, 0.5) is 0 Å². The van der Waals surface area contributed by atoms with Gasteiger partial charge in [0.25, 0.3) is 0 Å². The van der Waals surface area contributed by atoms with Gasteiger partial charge in [0.15, 0.2) is 11.4 Å². The van der Waals surface area contributed by atoms with E-state index in [1.807, 2.05) is 12.1 Å². The van der Waals surface area contributed by atoms with Gasteiger partial charge in [0.05, 0.1) is 12.1 Å². The van der Waals surface area contributed by atoms with E-state index < -0.39 is 9.84 Å². The van der Waals surface area contributed by atoms with Crippen LogP contribution in [-0.4, -0.2) is 30.0 Å². The lowest BCUT2D eigenvalue weighted by Crippen LogP contribution is -2.40. The van der Waals surface area contributed by atoms with Crippen molar-refractivity contribution in [1.82, 2.24) is 9.55 Å². The molecule has 19 heavy (non-hydrogen) atoms. The first-order chi connectivity index (χ1) is 8.89. The topological polar surface area (TPSA) is 99.5 Å². The molecule has 0 N–H and O–H groups in total. The maximum atomic E-state index is 11.5. The van der Waals surface area contributed by atoms with E-state index in [0.717, 1.165) is 19.3 Å². The van der Waals surface area contributed by atoms with Crippen LogP contribution in [0.2, 0.25) is 0 Å². The van der Waals surface area contributed by atoms with Crippen molar-refractivity contribution in [2.24, 2.45) is 5.41 Å². The maximum absolute atomic E-state index is 11.5. The molecule has 0 unspecified atom stereocenters. The summed E-state index contributed by atoms with van der Waals surface area (Å²) in [4.78, 5) is 3.87. The second-order valence-corrected chi connectivity index (χ2v) is 7.36. The lowest BCUT2D eigenvalue weighted by atomic mass is 9.70. The largest absolute Gasteiger partial charge is 0.321 e. The second-order valence-electron chi connectivity index (χ2n) is 5.22. The summed E-state index contributed by atoms with van der Waals surface area (Å²) < 4.78 is 24.6. The number of nitrogens with zero attached hydrogens (tertiary/aromatic N) is 4. The number of sulfone groups is 1. The molecule has 2 rings (SSSR count). The highest BCUT2D eigenvalue weighted by Crippen LogP contribution is 2.43. The Balaban J connectivity index is 2.28. The van der Waals surface area contributed by atoms with E-state index in [-0.39, 0.29) is 22.6 Å². The van der Waals surface area contributed by atoms with Crippen LogP contribution in [0.1, 0.15) is 30.7 Å². The third-order valence-electron chi connectivity index (χ3n) is 3.54. The van der Waals surface area contributed by atoms with Crippen molar-refractivity contribution in [1.29, 1.82) is 10.5 Å². The Morgan fingerprint density at radius 1 is 1.42 bits per heavy atom. The van der Waals surface area contributed by atoms with Gasteiger partial charge in [-0.15, -0.1) is 0 Å². The SMILES string of the molecule is CS(=O)(=O)CC1(Cn2cnc(C#N)c2C#N)CCC1. The summed E-state index contributed by atoms with van der Waals surface area (Å²) in [6.07, 6.45) is 5.32. The first-order valence-corrected chi connectivity index (χ1v) is 7.98. The van der Waals surface area contributed by atoms with Crippen molar-refractivity contribution in [2.75, 3.05) is 12.0 Å². The highest BCUT2D eigenvalue weighted by molar-refractivity contribution is 7.90. The Kier molecular flexibility index (Phi) is 3.34. The second kappa shape index (κ2) is 4.67. The predicted molar refractivity (Wildman–Crippen MR) is 67.7 cm³/mol. The predicted octanol–water partition coefficient (Wildman–Crippen LogP) is 0.841. The molecule has 1 aromatic heterocycles. The zero-order chi connectivity index (χ0) is 14.1. The molecule has 0 saturated heterocycles. The van der Waals surface area contributed by atoms with E-state index in [1.54, 1.807) is 4.57 Å². The van der Waals surface area contributed by atoms with Crippen molar-refractivity contribution in [3.63, 3.8) is 0 Å². The molecule has 1 aliphatic rings. The number of hydrogen-bond donors (Lipinski definition) is 0. The average molecular weight is 278 g/mol. The Bertz CT molecular complexity index is 672. The van der Waals surface area contributed by atoms with Crippen LogP contribution in [0.15, 0.2) is 6.33 Å². The zero-order valence-corrected chi connectivity index (χ0v) is 11.4. The van der Waals surface area contributed by atoms with E-state index in [0.29, 0.717) is 6.54 Å². The standard InChI is InChI=1S/C12H14N4O2S/c1-19(17,18)8-12(3-2-4-12)7-16-9-15-10(5-13)11(16)6-14/h9H,2-4,7-8H2,1H3. The molecule has 0 bridgehead atoms. The van der Waals surface area contributed by atoms with Gasteiger partial charge in [-0.05, 0) is 12.8 Å². The summed E-state index contributed by atoms with van der Waals surface area (Å²) in [7, 11) is -3.06. The molecule has 6 nitrogen and oxygen atoms in total. The minimum absolute atomic E-state index is 0.0938. The molecular formula is C12H14N4O2S. The Morgan fingerprint density at radius 2 is 2.11 bits per heavy atom.